The number of carbonyl (C=O) groups is 1. The number of methoxy groups -OCH3 is 1. The number of benzene rings is 1. The predicted molar refractivity (Wildman–Crippen MR) is 73.0 cm³/mol. The molecule has 1 aromatic heterocycles. The van der Waals surface area contributed by atoms with Crippen LogP contribution in [0.1, 0.15) is 15.2 Å². The molecule has 2 rings (SSSR count). The summed E-state index contributed by atoms with van der Waals surface area (Å²) in [6, 6.07) is 6.07. The van der Waals surface area contributed by atoms with E-state index in [0.29, 0.717) is 15.1 Å². The van der Waals surface area contributed by atoms with Crippen LogP contribution in [0.2, 0.25) is 0 Å². The summed E-state index contributed by atoms with van der Waals surface area (Å²) in [5.41, 5.74) is 0.761. The van der Waals surface area contributed by atoms with E-state index in [1.54, 1.807) is 12.1 Å². The van der Waals surface area contributed by atoms with E-state index in [0.717, 1.165) is 5.56 Å². The van der Waals surface area contributed by atoms with Gasteiger partial charge in [0.25, 0.3) is 0 Å². The van der Waals surface area contributed by atoms with Gasteiger partial charge in [-0.1, -0.05) is 22.0 Å². The van der Waals surface area contributed by atoms with Gasteiger partial charge in [-0.25, -0.2) is 4.39 Å². The SMILES string of the molecule is COc1ccsc1C(=O)Cc1ccc(F)cc1Br. The highest BCUT2D eigenvalue weighted by atomic mass is 79.9. The molecule has 94 valence electrons. The summed E-state index contributed by atoms with van der Waals surface area (Å²) in [6.07, 6.45) is 0.220. The molecule has 0 N–H and O–H groups in total. The average molecular weight is 329 g/mol. The van der Waals surface area contributed by atoms with Crippen molar-refractivity contribution in [1.29, 1.82) is 0 Å². The Bertz CT molecular complexity index is 580. The minimum Gasteiger partial charge on any atom is -0.495 e. The predicted octanol–water partition coefficient (Wildman–Crippen LogP) is 4.08. The topological polar surface area (TPSA) is 26.3 Å². The van der Waals surface area contributed by atoms with Gasteiger partial charge in [-0.3, -0.25) is 4.79 Å². The molecular weight excluding hydrogens is 319 g/mol. The van der Waals surface area contributed by atoms with Crippen LogP contribution in [0.25, 0.3) is 0 Å². The lowest BCUT2D eigenvalue weighted by molar-refractivity contribution is 0.0994. The summed E-state index contributed by atoms with van der Waals surface area (Å²) in [7, 11) is 1.53. The van der Waals surface area contributed by atoms with Gasteiger partial charge in [0.05, 0.1) is 7.11 Å². The summed E-state index contributed by atoms with van der Waals surface area (Å²) < 4.78 is 18.7. The third-order valence-corrected chi connectivity index (χ3v) is 4.14. The Morgan fingerprint density at radius 1 is 1.44 bits per heavy atom. The van der Waals surface area contributed by atoms with Crippen LogP contribution >= 0.6 is 27.3 Å². The van der Waals surface area contributed by atoms with E-state index in [9.17, 15) is 9.18 Å². The number of ketones is 1. The number of thiophene rings is 1. The van der Waals surface area contributed by atoms with Gasteiger partial charge < -0.3 is 4.74 Å². The van der Waals surface area contributed by atoms with Crippen molar-refractivity contribution in [2.45, 2.75) is 6.42 Å². The van der Waals surface area contributed by atoms with Crippen molar-refractivity contribution in [3.63, 3.8) is 0 Å². The van der Waals surface area contributed by atoms with E-state index in [1.165, 1.54) is 30.6 Å². The second-order valence-electron chi connectivity index (χ2n) is 3.65. The van der Waals surface area contributed by atoms with Gasteiger partial charge in [0.1, 0.15) is 16.4 Å². The molecule has 0 atom stereocenters. The Morgan fingerprint density at radius 3 is 2.89 bits per heavy atom. The van der Waals surface area contributed by atoms with Crippen molar-refractivity contribution in [1.82, 2.24) is 0 Å². The number of rotatable bonds is 4. The smallest absolute Gasteiger partial charge is 0.180 e. The Morgan fingerprint density at radius 2 is 2.22 bits per heavy atom. The first kappa shape index (κ1) is 13.2. The normalized spacial score (nSPS) is 10.4. The Balaban J connectivity index is 2.21. The fourth-order valence-electron chi connectivity index (χ4n) is 1.58. The molecule has 0 unspecified atom stereocenters. The molecule has 0 bridgehead atoms. The van der Waals surface area contributed by atoms with Gasteiger partial charge in [0, 0.05) is 10.9 Å². The number of halogens is 2. The van der Waals surface area contributed by atoms with E-state index in [2.05, 4.69) is 15.9 Å². The molecule has 5 heteroatoms. The maximum Gasteiger partial charge on any atom is 0.180 e. The summed E-state index contributed by atoms with van der Waals surface area (Å²) in [6.45, 7) is 0. The van der Waals surface area contributed by atoms with E-state index in [1.807, 2.05) is 5.38 Å². The minimum atomic E-state index is -0.327. The molecule has 0 fully saturated rings. The van der Waals surface area contributed by atoms with Crippen LogP contribution < -0.4 is 4.74 Å². The van der Waals surface area contributed by atoms with Crippen molar-refractivity contribution in [3.8, 4) is 5.75 Å². The summed E-state index contributed by atoms with van der Waals surface area (Å²) in [4.78, 5) is 12.7. The van der Waals surface area contributed by atoms with Crippen LogP contribution in [-0.2, 0) is 6.42 Å². The molecule has 1 heterocycles. The highest BCUT2D eigenvalue weighted by Crippen LogP contribution is 2.27. The van der Waals surface area contributed by atoms with Crippen LogP contribution in [0.5, 0.6) is 5.75 Å². The lowest BCUT2D eigenvalue weighted by Gasteiger charge is -2.04. The molecule has 18 heavy (non-hydrogen) atoms. The number of hydrogen-bond donors (Lipinski definition) is 0. The van der Waals surface area contributed by atoms with Gasteiger partial charge in [-0.2, -0.15) is 0 Å². The number of carbonyl (C=O) groups excluding carboxylic acids is 1. The van der Waals surface area contributed by atoms with Crippen LogP contribution in [0.4, 0.5) is 4.39 Å². The van der Waals surface area contributed by atoms with Gasteiger partial charge in [0.2, 0.25) is 0 Å². The summed E-state index contributed by atoms with van der Waals surface area (Å²) >= 11 is 4.60. The van der Waals surface area contributed by atoms with Crippen LogP contribution in [-0.4, -0.2) is 12.9 Å². The van der Waals surface area contributed by atoms with Gasteiger partial charge in [-0.15, -0.1) is 11.3 Å². The fraction of sp³-hybridized carbons (Fsp3) is 0.154. The lowest BCUT2D eigenvalue weighted by atomic mass is 10.1. The molecule has 0 saturated heterocycles. The van der Waals surface area contributed by atoms with E-state index >= 15 is 0 Å². The molecule has 0 radical (unpaired) electrons. The molecule has 2 aromatic rings. The third kappa shape index (κ3) is 2.79. The van der Waals surface area contributed by atoms with E-state index < -0.39 is 0 Å². The summed E-state index contributed by atoms with van der Waals surface area (Å²) in [5, 5.41) is 1.81. The molecular formula is C13H10BrFO2S. The molecule has 0 saturated carbocycles. The average Bonchev–Trinajstić information content (AvgIpc) is 2.81. The minimum absolute atomic E-state index is 0.0332. The zero-order valence-electron chi connectivity index (χ0n) is 9.57. The van der Waals surface area contributed by atoms with Crippen molar-refractivity contribution < 1.29 is 13.9 Å². The number of Topliss-reactive ketones (excluding diaryl/α,β-unsaturated/α-hetero) is 1. The monoisotopic (exact) mass is 328 g/mol. The first-order valence-electron chi connectivity index (χ1n) is 5.20. The fourth-order valence-corrected chi connectivity index (χ4v) is 2.87. The van der Waals surface area contributed by atoms with Crippen LogP contribution in [0.15, 0.2) is 34.1 Å². The van der Waals surface area contributed by atoms with Gasteiger partial charge in [-0.05, 0) is 29.1 Å². The number of ether oxygens (including phenoxy) is 1. The van der Waals surface area contributed by atoms with Crippen LogP contribution in [0.3, 0.4) is 0 Å². The standard InChI is InChI=1S/C13H10BrFO2S/c1-17-12-4-5-18-13(12)11(16)6-8-2-3-9(15)7-10(8)14/h2-5,7H,6H2,1H3. The number of hydrogen-bond acceptors (Lipinski definition) is 3. The van der Waals surface area contributed by atoms with Crippen molar-refractivity contribution in [3.05, 3.63) is 50.4 Å². The second kappa shape index (κ2) is 5.63. The largest absolute Gasteiger partial charge is 0.495 e. The Labute approximate surface area is 117 Å². The first-order chi connectivity index (χ1) is 8.61. The lowest BCUT2D eigenvalue weighted by Crippen LogP contribution is -2.03. The van der Waals surface area contributed by atoms with Gasteiger partial charge in [0.15, 0.2) is 5.78 Å². The van der Waals surface area contributed by atoms with Crippen LogP contribution in [0, 0.1) is 5.82 Å². The molecule has 0 aliphatic rings. The van der Waals surface area contributed by atoms with Crippen molar-refractivity contribution in [2.75, 3.05) is 7.11 Å². The maximum atomic E-state index is 12.9. The highest BCUT2D eigenvalue weighted by Gasteiger charge is 2.15. The van der Waals surface area contributed by atoms with Gasteiger partial charge >= 0.3 is 0 Å². The molecule has 2 nitrogen and oxygen atoms in total. The molecule has 0 spiro atoms. The zero-order chi connectivity index (χ0) is 13.1. The van der Waals surface area contributed by atoms with Crippen molar-refractivity contribution >= 4 is 33.0 Å². The third-order valence-electron chi connectivity index (χ3n) is 2.47. The quantitative estimate of drug-likeness (QED) is 0.790. The Hall–Kier alpha value is -1.20. The molecule has 0 aliphatic heterocycles. The second-order valence-corrected chi connectivity index (χ2v) is 5.42. The van der Waals surface area contributed by atoms with E-state index in [4.69, 9.17) is 4.74 Å². The van der Waals surface area contributed by atoms with E-state index in [-0.39, 0.29) is 18.0 Å². The zero-order valence-corrected chi connectivity index (χ0v) is 12.0. The maximum absolute atomic E-state index is 12.9. The molecule has 0 amide bonds. The molecule has 0 aliphatic carbocycles. The molecule has 1 aromatic carbocycles. The van der Waals surface area contributed by atoms with Crippen molar-refractivity contribution in [2.24, 2.45) is 0 Å². The first-order valence-corrected chi connectivity index (χ1v) is 6.87. The Kier molecular flexibility index (Phi) is 4.14. The highest BCUT2D eigenvalue weighted by molar-refractivity contribution is 9.10. The summed E-state index contributed by atoms with van der Waals surface area (Å²) in [5.74, 6) is 0.226.